The topological polar surface area (TPSA) is 129 Å². The van der Waals surface area contributed by atoms with Crippen LogP contribution in [0.1, 0.15) is 55.6 Å². The van der Waals surface area contributed by atoms with Crippen molar-refractivity contribution in [2.75, 3.05) is 13.2 Å². The molecule has 36 heavy (non-hydrogen) atoms. The maximum atomic E-state index is 12.6. The van der Waals surface area contributed by atoms with Gasteiger partial charge in [-0.25, -0.2) is 17.9 Å². The first kappa shape index (κ1) is 27.9. The van der Waals surface area contributed by atoms with E-state index in [9.17, 15) is 18.0 Å². The molecule has 0 spiro atoms. The van der Waals surface area contributed by atoms with Crippen LogP contribution in [-0.2, 0) is 37.4 Å². The number of nitrogens with zero attached hydrogens (tertiary/aromatic N) is 3. The molecule has 0 fully saturated rings. The van der Waals surface area contributed by atoms with Crippen molar-refractivity contribution in [3.8, 4) is 0 Å². The first-order chi connectivity index (χ1) is 17.2. The lowest BCUT2D eigenvalue weighted by Crippen LogP contribution is -2.24. The maximum absolute atomic E-state index is 12.6. The molecule has 3 heterocycles. The summed E-state index contributed by atoms with van der Waals surface area (Å²) in [7, 11) is -3.76. The number of nitrogens with one attached hydrogen (secondary N) is 1. The van der Waals surface area contributed by atoms with E-state index in [0.29, 0.717) is 18.8 Å². The normalized spacial score (nSPS) is 23.9. The molecule has 0 aliphatic carbocycles. The summed E-state index contributed by atoms with van der Waals surface area (Å²) in [5.41, 5.74) is 0.760. The molecule has 0 amide bonds. The number of carbonyl (C=O) groups excluding carboxylic acids is 2. The molecule has 2 unspecified atom stereocenters. The summed E-state index contributed by atoms with van der Waals surface area (Å²) in [5.74, 6) is -0.825. The first-order valence-corrected chi connectivity index (χ1v) is 14.3. The van der Waals surface area contributed by atoms with Crippen LogP contribution in [0.5, 0.6) is 0 Å². The highest BCUT2D eigenvalue weighted by Crippen LogP contribution is 2.20. The lowest BCUT2D eigenvalue weighted by Gasteiger charge is -2.14. The average Bonchev–Trinajstić information content (AvgIpc) is 3.31. The molecule has 2 aromatic rings. The van der Waals surface area contributed by atoms with Gasteiger partial charge >= 0.3 is 11.9 Å². The lowest BCUT2D eigenvalue weighted by atomic mass is 10.2. The zero-order valence-electron chi connectivity index (χ0n) is 20.5. The number of benzene rings is 1. The van der Waals surface area contributed by atoms with Gasteiger partial charge in [-0.3, -0.25) is 9.48 Å². The van der Waals surface area contributed by atoms with Gasteiger partial charge in [0.05, 0.1) is 23.3 Å². The first-order valence-electron chi connectivity index (χ1n) is 11.9. The third-order valence-electron chi connectivity index (χ3n) is 5.41. The average molecular weight is 537 g/mol. The van der Waals surface area contributed by atoms with Crippen LogP contribution in [0.15, 0.2) is 47.5 Å². The van der Waals surface area contributed by atoms with E-state index < -0.39 is 16.0 Å². The number of carbonyl (C=O) groups is 2. The highest BCUT2D eigenvalue weighted by Gasteiger charge is 2.18. The quantitative estimate of drug-likeness (QED) is 0.399. The van der Waals surface area contributed by atoms with E-state index >= 15 is 0 Å². The standard InChI is InChI=1S/C24H32N4O6S2/c1-18-8-7-13-25-36(31,32)22-11-9-20(10-12-22)24(30)34-17-21-16-28(27-26-21)14-5-3-4-6-15-33-23(29)19(2)35-18/h7-12,16,18-19,25H,3-6,13-15,17H2,1-2H3/b8-7+. The Morgan fingerprint density at radius 3 is 2.58 bits per heavy atom. The van der Waals surface area contributed by atoms with Gasteiger partial charge in [0.25, 0.3) is 0 Å². The number of sulfonamides is 1. The molecule has 2 aliphatic rings. The predicted molar refractivity (Wildman–Crippen MR) is 136 cm³/mol. The summed E-state index contributed by atoms with van der Waals surface area (Å²) in [6.45, 7) is 4.87. The molecule has 0 saturated carbocycles. The molecule has 0 radical (unpaired) electrons. The molecule has 2 atom stereocenters. The van der Waals surface area contributed by atoms with Gasteiger partial charge in [0.2, 0.25) is 10.0 Å². The van der Waals surface area contributed by atoms with Crippen LogP contribution in [0.4, 0.5) is 0 Å². The summed E-state index contributed by atoms with van der Waals surface area (Å²) < 4.78 is 40.0. The van der Waals surface area contributed by atoms with Gasteiger partial charge < -0.3 is 9.47 Å². The second-order valence-electron chi connectivity index (χ2n) is 8.42. The molecule has 1 N–H and O–H groups in total. The number of rotatable bonds is 0. The molecular weight excluding hydrogens is 504 g/mol. The Hall–Kier alpha value is -2.70. The molecule has 1 aromatic heterocycles. The minimum Gasteiger partial charge on any atom is -0.465 e. The van der Waals surface area contributed by atoms with Crippen LogP contribution in [0, 0.1) is 0 Å². The van der Waals surface area contributed by atoms with E-state index in [0.717, 1.165) is 25.7 Å². The number of aromatic nitrogens is 3. The fraction of sp³-hybridized carbons (Fsp3) is 0.500. The Kier molecular flexibility index (Phi) is 10.5. The fourth-order valence-electron chi connectivity index (χ4n) is 3.45. The van der Waals surface area contributed by atoms with E-state index in [4.69, 9.17) is 9.47 Å². The monoisotopic (exact) mass is 536 g/mol. The summed E-state index contributed by atoms with van der Waals surface area (Å²) in [6.07, 6.45) is 8.87. The molecule has 4 rings (SSSR count). The minimum absolute atomic E-state index is 0.00166. The van der Waals surface area contributed by atoms with Gasteiger partial charge in [0.1, 0.15) is 17.6 Å². The molecule has 12 heteroatoms. The highest BCUT2D eigenvalue weighted by molar-refractivity contribution is 8.01. The largest absolute Gasteiger partial charge is 0.465 e. The van der Waals surface area contributed by atoms with Gasteiger partial charge in [-0.05, 0) is 57.4 Å². The third-order valence-corrected chi connectivity index (χ3v) is 8.04. The van der Waals surface area contributed by atoms with Crippen molar-refractivity contribution < 1.29 is 27.5 Å². The van der Waals surface area contributed by atoms with Crippen LogP contribution in [-0.4, -0.2) is 59.0 Å². The van der Waals surface area contributed by atoms with Crippen LogP contribution in [0.2, 0.25) is 0 Å². The lowest BCUT2D eigenvalue weighted by molar-refractivity contribution is -0.142. The second kappa shape index (κ2) is 13.6. The number of hydrogen-bond donors (Lipinski definition) is 1. The van der Waals surface area contributed by atoms with Gasteiger partial charge in [-0.1, -0.05) is 23.8 Å². The van der Waals surface area contributed by atoms with Gasteiger partial charge in [0.15, 0.2) is 0 Å². The van der Waals surface area contributed by atoms with Crippen molar-refractivity contribution in [3.05, 3.63) is 53.9 Å². The van der Waals surface area contributed by atoms with Crippen molar-refractivity contribution in [2.24, 2.45) is 0 Å². The number of hydrogen-bond acceptors (Lipinski definition) is 9. The molecule has 2 aliphatic heterocycles. The number of aryl methyl sites for hydroxylation is 1. The number of esters is 2. The molecule has 196 valence electrons. The Morgan fingerprint density at radius 1 is 1.06 bits per heavy atom. The second-order valence-corrected chi connectivity index (χ2v) is 11.9. The summed E-state index contributed by atoms with van der Waals surface area (Å²) in [5, 5.41) is 7.75. The van der Waals surface area contributed by atoms with Crippen LogP contribution >= 0.6 is 11.8 Å². The fourth-order valence-corrected chi connectivity index (χ4v) is 5.45. The zero-order chi connectivity index (χ0) is 26.0. The van der Waals surface area contributed by atoms with Crippen LogP contribution in [0.25, 0.3) is 0 Å². The SMILES string of the molecule is CC1/C=C/CNS(=O)(=O)c2ccc(cc2)C(=O)OCc2cn(nn2)CCCCCCOC(=O)C(C)S1. The van der Waals surface area contributed by atoms with Crippen molar-refractivity contribution >= 4 is 33.7 Å². The Bertz CT molecular complexity index is 1150. The summed E-state index contributed by atoms with van der Waals surface area (Å²) >= 11 is 1.45. The van der Waals surface area contributed by atoms with E-state index in [1.54, 1.807) is 23.9 Å². The van der Waals surface area contributed by atoms with E-state index in [1.165, 1.54) is 36.0 Å². The molecule has 1 aromatic carbocycles. The molecule has 10 nitrogen and oxygen atoms in total. The smallest absolute Gasteiger partial charge is 0.338 e. The van der Waals surface area contributed by atoms with Crippen molar-refractivity contribution in [1.82, 2.24) is 19.7 Å². The third kappa shape index (κ3) is 8.75. The zero-order valence-corrected chi connectivity index (χ0v) is 22.1. The van der Waals surface area contributed by atoms with E-state index in [2.05, 4.69) is 15.0 Å². The van der Waals surface area contributed by atoms with Gasteiger partial charge in [0, 0.05) is 18.3 Å². The van der Waals surface area contributed by atoms with Crippen molar-refractivity contribution in [2.45, 2.75) is 68.1 Å². The van der Waals surface area contributed by atoms with Gasteiger partial charge in [-0.15, -0.1) is 16.9 Å². The van der Waals surface area contributed by atoms with Crippen LogP contribution < -0.4 is 4.72 Å². The van der Waals surface area contributed by atoms with E-state index in [1.807, 2.05) is 13.0 Å². The molecule has 0 saturated heterocycles. The summed E-state index contributed by atoms with van der Waals surface area (Å²) in [4.78, 5) is 24.6. The predicted octanol–water partition coefficient (Wildman–Crippen LogP) is 3.10. The van der Waals surface area contributed by atoms with Gasteiger partial charge in [-0.2, -0.15) is 0 Å². The Morgan fingerprint density at radius 2 is 1.81 bits per heavy atom. The number of thioether (sulfide) groups is 1. The minimum atomic E-state index is -3.76. The van der Waals surface area contributed by atoms with Crippen LogP contribution in [0.3, 0.4) is 0 Å². The maximum Gasteiger partial charge on any atom is 0.338 e. The number of ether oxygens (including phenoxy) is 2. The molecular formula is C24H32N4O6S2. The summed E-state index contributed by atoms with van der Waals surface area (Å²) in [6, 6.07) is 5.53. The number of fused-ring (bicyclic) bond motifs is 18. The highest BCUT2D eigenvalue weighted by atomic mass is 32.2. The Labute approximate surface area is 215 Å². The molecule has 4 bridgehead atoms. The van der Waals surface area contributed by atoms with E-state index in [-0.39, 0.29) is 40.1 Å². The van der Waals surface area contributed by atoms with Crippen molar-refractivity contribution in [3.63, 3.8) is 0 Å². The Balaban J connectivity index is 1.66. The van der Waals surface area contributed by atoms with Crippen molar-refractivity contribution in [1.29, 1.82) is 0 Å².